The van der Waals surface area contributed by atoms with E-state index in [2.05, 4.69) is 17.6 Å². The van der Waals surface area contributed by atoms with E-state index in [9.17, 15) is 14.4 Å². The van der Waals surface area contributed by atoms with Crippen molar-refractivity contribution >= 4 is 29.7 Å². The quantitative estimate of drug-likeness (QED) is 0.289. The number of alkyl carbamates (subject to hydrolysis) is 1. The Morgan fingerprint density at radius 1 is 1.13 bits per heavy atom. The lowest BCUT2D eigenvalue weighted by Crippen LogP contribution is -2.54. The van der Waals surface area contributed by atoms with Crippen LogP contribution in [0.4, 0.5) is 4.79 Å². The van der Waals surface area contributed by atoms with Gasteiger partial charge in [0.1, 0.15) is 17.7 Å². The number of hydrogen-bond acceptors (Lipinski definition) is 5. The van der Waals surface area contributed by atoms with E-state index in [-0.39, 0.29) is 17.9 Å². The van der Waals surface area contributed by atoms with Crippen LogP contribution < -0.4 is 10.6 Å². The number of nitrogens with zero attached hydrogens (tertiary/aromatic N) is 1. The number of unbranched alkanes of at least 4 members (excludes halogenated alkanes) is 2. The molecule has 0 aliphatic heterocycles. The van der Waals surface area contributed by atoms with E-state index in [1.54, 1.807) is 37.4 Å². The first kappa shape index (κ1) is 32.0. The standard InChI is InChI=1S/C30H49N3O4S/c1-7-8-12-19-33(28(35)25(18-20-38-6)32-29(36)37-30(3,4)5)26(23-15-13-14-22(2)21-23)27(34)31-24-16-10-9-11-17-24/h13-15,21,24-26H,7-12,16-20H2,1-6H3,(H,31,34)(H,32,36). The number of thioether (sulfide) groups is 1. The van der Waals surface area contributed by atoms with Crippen LogP contribution in [-0.4, -0.2) is 59.0 Å². The third-order valence-corrected chi connectivity index (χ3v) is 7.40. The number of nitrogens with one attached hydrogen (secondary N) is 2. The molecule has 0 saturated heterocycles. The highest BCUT2D eigenvalue weighted by Crippen LogP contribution is 2.27. The fraction of sp³-hybridized carbons (Fsp3) is 0.700. The number of carbonyl (C=O) groups excluding carboxylic acids is 3. The average molecular weight is 548 g/mol. The van der Waals surface area contributed by atoms with E-state index in [1.165, 1.54) is 6.42 Å². The third kappa shape index (κ3) is 10.9. The van der Waals surface area contributed by atoms with E-state index >= 15 is 0 Å². The molecule has 2 rings (SSSR count). The number of rotatable bonds is 13. The van der Waals surface area contributed by atoms with Crippen molar-refractivity contribution in [3.8, 4) is 0 Å². The molecule has 2 atom stereocenters. The topological polar surface area (TPSA) is 87.7 Å². The average Bonchev–Trinajstić information content (AvgIpc) is 2.85. The second kappa shape index (κ2) is 16.0. The minimum Gasteiger partial charge on any atom is -0.444 e. The van der Waals surface area contributed by atoms with Gasteiger partial charge in [0, 0.05) is 12.6 Å². The molecule has 0 bridgehead atoms. The predicted molar refractivity (Wildman–Crippen MR) is 156 cm³/mol. The Bertz CT molecular complexity index is 896. The summed E-state index contributed by atoms with van der Waals surface area (Å²) < 4.78 is 5.48. The zero-order valence-corrected chi connectivity index (χ0v) is 25.1. The summed E-state index contributed by atoms with van der Waals surface area (Å²) in [5, 5.41) is 6.09. The molecule has 0 aromatic heterocycles. The SMILES string of the molecule is CCCCCN(C(=O)C(CCSC)NC(=O)OC(C)(C)C)C(C(=O)NC1CCCCC1)c1cccc(C)c1. The smallest absolute Gasteiger partial charge is 0.408 e. The molecule has 2 unspecified atom stereocenters. The molecule has 8 heteroatoms. The molecular formula is C30H49N3O4S. The van der Waals surface area contributed by atoms with Gasteiger partial charge in [0.05, 0.1) is 0 Å². The van der Waals surface area contributed by atoms with Crippen molar-refractivity contribution in [1.29, 1.82) is 0 Å². The Hall–Kier alpha value is -2.22. The molecular weight excluding hydrogens is 498 g/mol. The molecule has 1 aliphatic rings. The number of aryl methyl sites for hydroxylation is 1. The normalized spacial score (nSPS) is 15.8. The van der Waals surface area contributed by atoms with E-state index in [1.807, 2.05) is 37.4 Å². The number of hydrogen-bond donors (Lipinski definition) is 2. The second-order valence-electron chi connectivity index (χ2n) is 11.4. The van der Waals surface area contributed by atoms with Gasteiger partial charge in [-0.2, -0.15) is 11.8 Å². The van der Waals surface area contributed by atoms with Crippen LogP contribution in [0.3, 0.4) is 0 Å². The van der Waals surface area contributed by atoms with Gasteiger partial charge in [-0.25, -0.2) is 4.79 Å². The number of amides is 3. The lowest BCUT2D eigenvalue weighted by molar-refractivity contribution is -0.143. The Morgan fingerprint density at radius 2 is 1.84 bits per heavy atom. The minimum atomic E-state index is -0.784. The molecule has 0 heterocycles. The molecule has 1 saturated carbocycles. The van der Waals surface area contributed by atoms with Gasteiger partial charge in [0.2, 0.25) is 11.8 Å². The second-order valence-corrected chi connectivity index (χ2v) is 12.4. The number of ether oxygens (including phenoxy) is 1. The summed E-state index contributed by atoms with van der Waals surface area (Å²) in [7, 11) is 0. The minimum absolute atomic E-state index is 0.128. The van der Waals surface area contributed by atoms with Gasteiger partial charge < -0.3 is 20.3 Å². The highest BCUT2D eigenvalue weighted by molar-refractivity contribution is 7.98. The highest BCUT2D eigenvalue weighted by atomic mass is 32.2. The van der Waals surface area contributed by atoms with Crippen molar-refractivity contribution < 1.29 is 19.1 Å². The molecule has 7 nitrogen and oxygen atoms in total. The third-order valence-electron chi connectivity index (χ3n) is 6.75. The molecule has 1 aromatic rings. The number of benzene rings is 1. The Morgan fingerprint density at radius 3 is 2.45 bits per heavy atom. The molecule has 1 fully saturated rings. The van der Waals surface area contributed by atoms with Gasteiger partial charge in [-0.05, 0) is 71.0 Å². The lowest BCUT2D eigenvalue weighted by atomic mass is 9.94. The van der Waals surface area contributed by atoms with Crippen LogP contribution in [0.15, 0.2) is 24.3 Å². The first-order valence-corrected chi connectivity index (χ1v) is 15.6. The van der Waals surface area contributed by atoms with Crippen LogP contribution in [0, 0.1) is 6.92 Å². The van der Waals surface area contributed by atoms with E-state index in [0.29, 0.717) is 18.7 Å². The largest absolute Gasteiger partial charge is 0.444 e. The number of carbonyl (C=O) groups is 3. The summed E-state index contributed by atoms with van der Waals surface area (Å²) >= 11 is 1.61. The molecule has 1 aliphatic carbocycles. The van der Waals surface area contributed by atoms with Crippen molar-refractivity contribution in [2.45, 2.75) is 116 Å². The zero-order chi connectivity index (χ0) is 28.1. The van der Waals surface area contributed by atoms with Gasteiger partial charge in [-0.15, -0.1) is 0 Å². The van der Waals surface area contributed by atoms with Crippen molar-refractivity contribution in [2.75, 3.05) is 18.6 Å². The summed E-state index contributed by atoms with van der Waals surface area (Å²) in [6.07, 6.45) is 9.87. The van der Waals surface area contributed by atoms with Crippen LogP contribution in [0.2, 0.25) is 0 Å². The van der Waals surface area contributed by atoms with Crippen molar-refractivity contribution in [2.24, 2.45) is 0 Å². The summed E-state index contributed by atoms with van der Waals surface area (Å²) in [6.45, 7) is 9.94. The van der Waals surface area contributed by atoms with Gasteiger partial charge in [-0.3, -0.25) is 9.59 Å². The van der Waals surface area contributed by atoms with Crippen molar-refractivity contribution in [1.82, 2.24) is 15.5 Å². The maximum absolute atomic E-state index is 14.2. The van der Waals surface area contributed by atoms with E-state index < -0.39 is 23.8 Å². The molecule has 0 radical (unpaired) electrons. The van der Waals surface area contributed by atoms with Crippen LogP contribution in [-0.2, 0) is 14.3 Å². The Kier molecular flexibility index (Phi) is 13.5. The molecule has 2 N–H and O–H groups in total. The van der Waals surface area contributed by atoms with Crippen LogP contribution in [0.25, 0.3) is 0 Å². The van der Waals surface area contributed by atoms with Crippen LogP contribution in [0.5, 0.6) is 0 Å². The monoisotopic (exact) mass is 547 g/mol. The lowest BCUT2D eigenvalue weighted by Gasteiger charge is -2.36. The zero-order valence-electron chi connectivity index (χ0n) is 24.3. The fourth-order valence-corrected chi connectivity index (χ4v) is 5.35. The van der Waals surface area contributed by atoms with Gasteiger partial charge in [0.15, 0.2) is 0 Å². The molecule has 38 heavy (non-hydrogen) atoms. The summed E-state index contributed by atoms with van der Waals surface area (Å²) in [5.74, 6) is 0.304. The van der Waals surface area contributed by atoms with Gasteiger partial charge in [0.25, 0.3) is 0 Å². The highest BCUT2D eigenvalue weighted by Gasteiger charge is 2.36. The van der Waals surface area contributed by atoms with Gasteiger partial charge >= 0.3 is 6.09 Å². The molecule has 214 valence electrons. The summed E-state index contributed by atoms with van der Waals surface area (Å²) in [6, 6.07) is 6.42. The summed E-state index contributed by atoms with van der Waals surface area (Å²) in [5.41, 5.74) is 1.15. The summed E-state index contributed by atoms with van der Waals surface area (Å²) in [4.78, 5) is 42.5. The van der Waals surface area contributed by atoms with Crippen LogP contribution in [0.1, 0.15) is 103 Å². The Balaban J connectivity index is 2.44. The Labute approximate surface area is 234 Å². The van der Waals surface area contributed by atoms with E-state index in [4.69, 9.17) is 4.74 Å². The van der Waals surface area contributed by atoms with Crippen molar-refractivity contribution in [3.05, 3.63) is 35.4 Å². The maximum Gasteiger partial charge on any atom is 0.408 e. The van der Waals surface area contributed by atoms with Crippen LogP contribution >= 0.6 is 11.8 Å². The predicted octanol–water partition coefficient (Wildman–Crippen LogP) is 6.15. The van der Waals surface area contributed by atoms with Gasteiger partial charge in [-0.1, -0.05) is 68.9 Å². The maximum atomic E-state index is 14.2. The fourth-order valence-electron chi connectivity index (χ4n) is 4.88. The first-order valence-electron chi connectivity index (χ1n) is 14.2. The first-order chi connectivity index (χ1) is 18.1. The molecule has 0 spiro atoms. The molecule has 1 aromatic carbocycles. The van der Waals surface area contributed by atoms with Crippen molar-refractivity contribution in [3.63, 3.8) is 0 Å². The molecule has 3 amide bonds. The van der Waals surface area contributed by atoms with E-state index in [0.717, 1.165) is 56.1 Å².